The van der Waals surface area contributed by atoms with E-state index in [1.165, 1.54) is 5.56 Å². The van der Waals surface area contributed by atoms with E-state index in [-0.39, 0.29) is 6.04 Å². The lowest BCUT2D eigenvalue weighted by atomic mass is 9.99. The number of nitrogens with zero attached hydrogens (tertiary/aromatic N) is 4. The van der Waals surface area contributed by atoms with Crippen LogP contribution in [0.15, 0.2) is 82.9 Å². The van der Waals surface area contributed by atoms with Crippen LogP contribution in [-0.2, 0) is 6.42 Å². The molecule has 0 spiro atoms. The van der Waals surface area contributed by atoms with Crippen LogP contribution in [0.5, 0.6) is 0 Å². The molecule has 0 fully saturated rings. The van der Waals surface area contributed by atoms with E-state index in [1.54, 1.807) is 23.7 Å². The van der Waals surface area contributed by atoms with Crippen molar-refractivity contribution in [3.05, 3.63) is 94.4 Å². The Morgan fingerprint density at radius 2 is 1.90 bits per heavy atom. The van der Waals surface area contributed by atoms with Crippen molar-refractivity contribution in [2.24, 2.45) is 5.10 Å². The molecule has 0 saturated heterocycles. The molecule has 1 aliphatic rings. The molecule has 4 aromatic rings. The lowest BCUT2D eigenvalue weighted by Gasteiger charge is -2.25. The number of thiocarbonyl (C=S) groups is 1. The first-order valence-corrected chi connectivity index (χ1v) is 11.5. The fourth-order valence-electron chi connectivity index (χ4n) is 3.79. The molecular formula is C24H21N5S2. The van der Waals surface area contributed by atoms with Gasteiger partial charge in [-0.1, -0.05) is 36.4 Å². The lowest BCUT2D eigenvalue weighted by Crippen LogP contribution is -2.37. The minimum atomic E-state index is 0.0260. The Labute approximate surface area is 190 Å². The van der Waals surface area contributed by atoms with Crippen LogP contribution in [0.25, 0.3) is 11.0 Å². The molecule has 0 radical (unpaired) electrons. The Kier molecular flexibility index (Phi) is 5.69. The first-order chi connectivity index (χ1) is 15.3. The van der Waals surface area contributed by atoms with Gasteiger partial charge >= 0.3 is 0 Å². The molecule has 0 bridgehead atoms. The number of hydrazone groups is 1. The topological polar surface area (TPSA) is 53.4 Å². The predicted molar refractivity (Wildman–Crippen MR) is 130 cm³/mol. The highest BCUT2D eigenvalue weighted by atomic mass is 32.1. The smallest absolute Gasteiger partial charge is 0.190 e. The summed E-state index contributed by atoms with van der Waals surface area (Å²) in [5.74, 6) is 0. The van der Waals surface area contributed by atoms with Crippen LogP contribution >= 0.6 is 23.6 Å². The lowest BCUT2D eigenvalue weighted by molar-refractivity contribution is 0.364. The van der Waals surface area contributed by atoms with Gasteiger partial charge < -0.3 is 5.32 Å². The zero-order valence-corrected chi connectivity index (χ0v) is 18.4. The molecule has 2 aromatic heterocycles. The largest absolute Gasteiger partial charge is 0.361 e. The van der Waals surface area contributed by atoms with Gasteiger partial charge in [0.1, 0.15) is 0 Å². The highest BCUT2D eigenvalue weighted by Crippen LogP contribution is 2.34. The number of hydrogen-bond acceptors (Lipinski definition) is 5. The number of fused-ring (bicyclic) bond motifs is 1. The summed E-state index contributed by atoms with van der Waals surface area (Å²) in [5.41, 5.74) is 6.40. The van der Waals surface area contributed by atoms with Crippen LogP contribution in [0.3, 0.4) is 0 Å². The molecule has 5 nitrogen and oxygen atoms in total. The van der Waals surface area contributed by atoms with Gasteiger partial charge in [-0.2, -0.15) is 16.4 Å². The minimum absolute atomic E-state index is 0.0260. The summed E-state index contributed by atoms with van der Waals surface area (Å²) in [6, 6.07) is 18.8. The second-order valence-corrected chi connectivity index (χ2v) is 8.56. The molecule has 31 heavy (non-hydrogen) atoms. The Bertz CT molecular complexity index is 1220. The zero-order chi connectivity index (χ0) is 21.0. The van der Waals surface area contributed by atoms with E-state index in [0.29, 0.717) is 5.11 Å². The summed E-state index contributed by atoms with van der Waals surface area (Å²) >= 11 is 7.45. The first kappa shape index (κ1) is 19.8. The molecule has 0 saturated carbocycles. The summed E-state index contributed by atoms with van der Waals surface area (Å²) in [6.07, 6.45) is 5.14. The first-order valence-electron chi connectivity index (χ1n) is 10.2. The highest BCUT2D eigenvalue weighted by Gasteiger charge is 2.31. The van der Waals surface area contributed by atoms with Crippen LogP contribution in [-0.4, -0.2) is 32.3 Å². The van der Waals surface area contributed by atoms with Crippen molar-refractivity contribution in [3.8, 4) is 0 Å². The quantitative estimate of drug-likeness (QED) is 0.442. The minimum Gasteiger partial charge on any atom is -0.361 e. The van der Waals surface area contributed by atoms with E-state index in [1.807, 2.05) is 17.1 Å². The normalized spacial score (nSPS) is 15.8. The molecule has 3 heterocycles. The van der Waals surface area contributed by atoms with E-state index in [9.17, 15) is 0 Å². The standard InChI is InChI=1S/C24H21N5S2/c30-24(27-10-8-17-4-2-1-3-5-17)29-23(15-21(28-29)19-9-13-31-16-19)18-6-7-20-22(14-18)26-12-11-25-20/h1-7,9,11-14,16,23H,8,10,15H2,(H,27,30)/t23-/m0/s1. The molecule has 7 heteroatoms. The monoisotopic (exact) mass is 443 g/mol. The van der Waals surface area contributed by atoms with E-state index in [0.717, 1.165) is 47.3 Å². The van der Waals surface area contributed by atoms with Gasteiger partial charge in [-0.15, -0.1) is 0 Å². The van der Waals surface area contributed by atoms with Gasteiger partial charge in [0.15, 0.2) is 5.11 Å². The molecule has 5 rings (SSSR count). The summed E-state index contributed by atoms with van der Waals surface area (Å²) in [7, 11) is 0. The van der Waals surface area contributed by atoms with E-state index in [4.69, 9.17) is 17.3 Å². The molecule has 1 atom stereocenters. The maximum absolute atomic E-state index is 5.77. The Hall–Kier alpha value is -3.16. The second kappa shape index (κ2) is 8.91. The average molecular weight is 444 g/mol. The van der Waals surface area contributed by atoms with Crippen LogP contribution in [0.2, 0.25) is 0 Å². The van der Waals surface area contributed by atoms with Crippen molar-refractivity contribution in [3.63, 3.8) is 0 Å². The molecule has 0 unspecified atom stereocenters. The molecule has 2 aromatic carbocycles. The number of rotatable bonds is 5. The van der Waals surface area contributed by atoms with Gasteiger partial charge in [-0.05, 0) is 58.7 Å². The third-order valence-corrected chi connectivity index (χ3v) is 6.40. The Balaban J connectivity index is 1.38. The van der Waals surface area contributed by atoms with Crippen LogP contribution in [0.1, 0.15) is 29.2 Å². The predicted octanol–water partition coefficient (Wildman–Crippen LogP) is 4.96. The van der Waals surface area contributed by atoms with Crippen LogP contribution in [0.4, 0.5) is 0 Å². The number of aromatic nitrogens is 2. The van der Waals surface area contributed by atoms with Gasteiger partial charge in [-0.3, -0.25) is 9.97 Å². The number of thiophene rings is 1. The fraction of sp³-hybridized carbons (Fsp3) is 0.167. The molecule has 0 aliphatic carbocycles. The molecule has 154 valence electrons. The summed E-state index contributed by atoms with van der Waals surface area (Å²) in [4.78, 5) is 8.86. The summed E-state index contributed by atoms with van der Waals surface area (Å²) < 4.78 is 0. The number of hydrogen-bond donors (Lipinski definition) is 1. The molecular weight excluding hydrogens is 422 g/mol. The average Bonchev–Trinajstić information content (AvgIpc) is 3.50. The molecule has 0 amide bonds. The maximum atomic E-state index is 5.77. The molecule has 1 aliphatic heterocycles. The van der Waals surface area contributed by atoms with E-state index >= 15 is 0 Å². The van der Waals surface area contributed by atoms with Crippen molar-refractivity contribution in [1.82, 2.24) is 20.3 Å². The Morgan fingerprint density at radius 3 is 2.71 bits per heavy atom. The fourth-order valence-corrected chi connectivity index (χ4v) is 4.72. The SMILES string of the molecule is S=C(NCCc1ccccc1)N1N=C(c2ccsc2)C[C@H]1c1ccc2nccnc2c1. The van der Waals surface area contributed by atoms with Crippen LogP contribution < -0.4 is 5.32 Å². The molecule has 1 N–H and O–H groups in total. The Morgan fingerprint density at radius 1 is 1.06 bits per heavy atom. The third kappa shape index (κ3) is 4.33. The highest BCUT2D eigenvalue weighted by molar-refractivity contribution is 7.80. The number of benzene rings is 2. The zero-order valence-electron chi connectivity index (χ0n) is 16.8. The summed E-state index contributed by atoms with van der Waals surface area (Å²) in [5, 5.41) is 15.1. The van der Waals surface area contributed by atoms with E-state index < -0.39 is 0 Å². The summed E-state index contributed by atoms with van der Waals surface area (Å²) in [6.45, 7) is 0.762. The third-order valence-electron chi connectivity index (χ3n) is 5.38. The van der Waals surface area contributed by atoms with Gasteiger partial charge in [0, 0.05) is 30.9 Å². The van der Waals surface area contributed by atoms with Gasteiger partial charge in [0.25, 0.3) is 0 Å². The second-order valence-electron chi connectivity index (χ2n) is 7.40. The van der Waals surface area contributed by atoms with Gasteiger partial charge in [0.2, 0.25) is 0 Å². The van der Waals surface area contributed by atoms with Crippen LogP contribution in [0, 0.1) is 0 Å². The van der Waals surface area contributed by atoms with Crippen molar-refractivity contribution < 1.29 is 0 Å². The van der Waals surface area contributed by atoms with Crippen molar-refractivity contribution in [2.75, 3.05) is 6.54 Å². The number of nitrogens with one attached hydrogen (secondary N) is 1. The van der Waals surface area contributed by atoms with Crippen molar-refractivity contribution in [1.29, 1.82) is 0 Å². The van der Waals surface area contributed by atoms with Gasteiger partial charge in [0.05, 0.1) is 22.8 Å². The maximum Gasteiger partial charge on any atom is 0.190 e. The van der Waals surface area contributed by atoms with Crippen molar-refractivity contribution >= 4 is 45.4 Å². The van der Waals surface area contributed by atoms with E-state index in [2.05, 4.69) is 68.5 Å². The van der Waals surface area contributed by atoms with Crippen molar-refractivity contribution in [2.45, 2.75) is 18.9 Å². The van der Waals surface area contributed by atoms with Gasteiger partial charge in [-0.25, -0.2) is 5.01 Å².